The molecule has 5 N–H and O–H groups in total. The second kappa shape index (κ2) is 6.04. The second-order valence-corrected chi connectivity index (χ2v) is 5.54. The van der Waals surface area contributed by atoms with E-state index in [0.29, 0.717) is 16.2 Å². The van der Waals surface area contributed by atoms with E-state index in [1.807, 2.05) is 0 Å². The zero-order valence-corrected chi connectivity index (χ0v) is 12.1. The highest BCUT2D eigenvalue weighted by molar-refractivity contribution is 6.36. The maximum Gasteiger partial charge on any atom is 0.229 e. The molecule has 1 fully saturated rings. The summed E-state index contributed by atoms with van der Waals surface area (Å²) >= 11 is 6.13. The number of fused-ring (bicyclic) bond motifs is 1. The summed E-state index contributed by atoms with van der Waals surface area (Å²) in [5, 5.41) is 39.7. The average molecular weight is 330 g/mol. The summed E-state index contributed by atoms with van der Waals surface area (Å²) in [5.41, 5.74) is 0.743. The van der Waals surface area contributed by atoms with Gasteiger partial charge in [0.05, 0.1) is 22.5 Å². The number of aromatic nitrogens is 1. The van der Waals surface area contributed by atoms with E-state index in [1.54, 1.807) is 24.4 Å². The van der Waals surface area contributed by atoms with E-state index < -0.39 is 37.3 Å². The van der Waals surface area contributed by atoms with E-state index in [1.165, 1.54) is 0 Å². The van der Waals surface area contributed by atoms with Crippen LogP contribution in [0.2, 0.25) is 5.02 Å². The summed E-state index contributed by atoms with van der Waals surface area (Å²) in [6.45, 7) is -0.514. The van der Waals surface area contributed by atoms with Crippen molar-refractivity contribution in [3.63, 3.8) is 0 Å². The van der Waals surface area contributed by atoms with Gasteiger partial charge in [-0.3, -0.25) is 0 Å². The summed E-state index contributed by atoms with van der Waals surface area (Å²) in [5.74, 6) is 0.338. The number of benzene rings is 1. The summed E-state index contributed by atoms with van der Waals surface area (Å²) in [7, 11) is 0. The molecule has 1 aromatic heterocycles. The predicted octanol–water partition coefficient (Wildman–Crippen LogP) is -0.000000000000000278. The van der Waals surface area contributed by atoms with Crippen molar-refractivity contribution in [2.45, 2.75) is 30.7 Å². The Hall–Kier alpha value is -1.35. The molecule has 0 unspecified atom stereocenters. The molecule has 2 aromatic rings. The van der Waals surface area contributed by atoms with Crippen LogP contribution in [-0.4, -0.2) is 62.7 Å². The number of hydrogen-bond acceptors (Lipinski definition) is 6. The molecule has 0 saturated carbocycles. The van der Waals surface area contributed by atoms with Crippen LogP contribution in [0.25, 0.3) is 10.9 Å². The molecule has 0 amide bonds. The van der Waals surface area contributed by atoms with Crippen molar-refractivity contribution in [3.8, 4) is 5.75 Å². The van der Waals surface area contributed by atoms with E-state index >= 15 is 0 Å². The Balaban J connectivity index is 1.88. The molecule has 0 spiro atoms. The van der Waals surface area contributed by atoms with E-state index in [9.17, 15) is 15.3 Å². The first kappa shape index (κ1) is 15.5. The molecule has 1 aliphatic heterocycles. The number of H-pyrrole nitrogens is 1. The minimum atomic E-state index is -1.49. The van der Waals surface area contributed by atoms with Gasteiger partial charge in [-0.05, 0) is 12.1 Å². The maximum absolute atomic E-state index is 9.98. The van der Waals surface area contributed by atoms with Crippen molar-refractivity contribution in [3.05, 3.63) is 29.4 Å². The fourth-order valence-electron chi connectivity index (χ4n) is 2.49. The molecule has 120 valence electrons. The average Bonchev–Trinajstić information content (AvgIpc) is 2.92. The summed E-state index contributed by atoms with van der Waals surface area (Å²) in [6.07, 6.45) is -5.10. The lowest BCUT2D eigenvalue weighted by atomic mass is 9.99. The molecule has 0 radical (unpaired) electrons. The van der Waals surface area contributed by atoms with Crippen LogP contribution in [0.5, 0.6) is 5.75 Å². The van der Waals surface area contributed by atoms with Crippen LogP contribution in [0.4, 0.5) is 0 Å². The van der Waals surface area contributed by atoms with Gasteiger partial charge in [-0.2, -0.15) is 0 Å². The van der Waals surface area contributed by atoms with Crippen molar-refractivity contribution >= 4 is 22.5 Å². The number of nitrogens with one attached hydrogen (secondary N) is 1. The predicted molar refractivity (Wildman–Crippen MR) is 77.7 cm³/mol. The minimum Gasteiger partial charge on any atom is -0.460 e. The monoisotopic (exact) mass is 329 g/mol. The number of halogens is 1. The Morgan fingerprint density at radius 2 is 1.95 bits per heavy atom. The first-order chi connectivity index (χ1) is 10.5. The fourth-order valence-corrected chi connectivity index (χ4v) is 2.76. The largest absolute Gasteiger partial charge is 0.460 e. The van der Waals surface area contributed by atoms with E-state index in [2.05, 4.69) is 4.98 Å². The normalized spacial score (nSPS) is 32.3. The zero-order valence-electron chi connectivity index (χ0n) is 11.4. The molecule has 8 heteroatoms. The molecular formula is C14H16ClNO6. The molecule has 0 aliphatic carbocycles. The quantitative estimate of drug-likeness (QED) is 0.541. The third-order valence-corrected chi connectivity index (χ3v) is 4.03. The summed E-state index contributed by atoms with van der Waals surface area (Å²) in [4.78, 5) is 2.97. The highest BCUT2D eigenvalue weighted by Gasteiger charge is 2.44. The van der Waals surface area contributed by atoms with Crippen molar-refractivity contribution in [2.24, 2.45) is 0 Å². The first-order valence-corrected chi connectivity index (χ1v) is 7.13. The number of aromatic amines is 1. The second-order valence-electron chi connectivity index (χ2n) is 5.13. The lowest BCUT2D eigenvalue weighted by Gasteiger charge is -2.39. The van der Waals surface area contributed by atoms with Crippen LogP contribution in [0.15, 0.2) is 24.4 Å². The lowest BCUT2D eigenvalue weighted by Crippen LogP contribution is -2.60. The maximum atomic E-state index is 9.98. The van der Waals surface area contributed by atoms with Gasteiger partial charge >= 0.3 is 0 Å². The molecule has 3 rings (SSSR count). The van der Waals surface area contributed by atoms with Crippen molar-refractivity contribution in [1.82, 2.24) is 4.98 Å². The standard InChI is InChI=1S/C14H16ClNO6/c15-6-2-1-3-7-10(6)8(4-16-7)21-14-13(20)12(19)11(18)9(5-17)22-14/h1-4,9,11-14,16-20H,5H2/t9-,11-,12+,13+,14+/m0/s1. The van der Waals surface area contributed by atoms with Gasteiger partial charge in [0.25, 0.3) is 0 Å². The van der Waals surface area contributed by atoms with Gasteiger partial charge in [0.1, 0.15) is 30.2 Å². The number of rotatable bonds is 3. The Labute approximate surface area is 130 Å². The van der Waals surface area contributed by atoms with E-state index in [-0.39, 0.29) is 0 Å². The van der Waals surface area contributed by atoms with Gasteiger partial charge in [0.15, 0.2) is 0 Å². The zero-order chi connectivity index (χ0) is 15.9. The van der Waals surface area contributed by atoms with Gasteiger partial charge in [-0.15, -0.1) is 0 Å². The Morgan fingerprint density at radius 3 is 2.68 bits per heavy atom. The molecule has 1 saturated heterocycles. The lowest BCUT2D eigenvalue weighted by molar-refractivity contribution is -0.277. The van der Waals surface area contributed by atoms with Gasteiger partial charge in [0.2, 0.25) is 6.29 Å². The molecular weight excluding hydrogens is 314 g/mol. The Morgan fingerprint density at radius 1 is 1.18 bits per heavy atom. The number of aliphatic hydroxyl groups is 4. The Bertz CT molecular complexity index is 660. The van der Waals surface area contributed by atoms with E-state index in [4.69, 9.17) is 26.2 Å². The topological polar surface area (TPSA) is 115 Å². The summed E-state index contributed by atoms with van der Waals surface area (Å²) < 4.78 is 10.9. The van der Waals surface area contributed by atoms with E-state index in [0.717, 1.165) is 5.52 Å². The van der Waals surface area contributed by atoms with Crippen LogP contribution < -0.4 is 4.74 Å². The SMILES string of the molecule is OC[C@@H]1O[C@@H](Oc2c[nH]c3cccc(Cl)c23)[C@H](O)[C@H](O)[C@H]1O. The van der Waals surface area contributed by atoms with Crippen LogP contribution in [0.1, 0.15) is 0 Å². The number of ether oxygens (including phenoxy) is 2. The molecule has 1 aromatic carbocycles. The minimum absolute atomic E-state index is 0.338. The van der Waals surface area contributed by atoms with Gasteiger partial charge in [-0.1, -0.05) is 17.7 Å². The molecule has 22 heavy (non-hydrogen) atoms. The third-order valence-electron chi connectivity index (χ3n) is 3.71. The fraction of sp³-hybridized carbons (Fsp3) is 0.429. The number of aliphatic hydroxyl groups excluding tert-OH is 4. The van der Waals surface area contributed by atoms with Gasteiger partial charge in [-0.25, -0.2) is 0 Å². The van der Waals surface area contributed by atoms with Gasteiger partial charge in [0, 0.05) is 6.20 Å². The Kier molecular flexibility index (Phi) is 4.26. The first-order valence-electron chi connectivity index (χ1n) is 6.75. The molecule has 5 atom stereocenters. The summed E-state index contributed by atoms with van der Waals surface area (Å²) in [6, 6.07) is 5.28. The van der Waals surface area contributed by atoms with Crippen LogP contribution in [0, 0.1) is 0 Å². The van der Waals surface area contributed by atoms with Crippen LogP contribution in [0.3, 0.4) is 0 Å². The van der Waals surface area contributed by atoms with Crippen LogP contribution in [-0.2, 0) is 4.74 Å². The smallest absolute Gasteiger partial charge is 0.229 e. The van der Waals surface area contributed by atoms with Crippen molar-refractivity contribution in [2.75, 3.05) is 6.61 Å². The third kappa shape index (κ3) is 2.56. The van der Waals surface area contributed by atoms with Crippen molar-refractivity contribution in [1.29, 1.82) is 0 Å². The van der Waals surface area contributed by atoms with Gasteiger partial charge < -0.3 is 34.9 Å². The molecule has 2 heterocycles. The molecule has 1 aliphatic rings. The number of hydrogen-bond donors (Lipinski definition) is 5. The highest BCUT2D eigenvalue weighted by atomic mass is 35.5. The molecule has 7 nitrogen and oxygen atoms in total. The molecule has 0 bridgehead atoms. The van der Waals surface area contributed by atoms with Crippen LogP contribution >= 0.6 is 11.6 Å². The highest BCUT2D eigenvalue weighted by Crippen LogP contribution is 2.34. The van der Waals surface area contributed by atoms with Crippen molar-refractivity contribution < 1.29 is 29.9 Å².